The number of fused-ring (bicyclic) bond motifs is 3. The lowest BCUT2D eigenvalue weighted by Crippen LogP contribution is -2.50. The minimum Gasteiger partial charge on any atom is -0.465 e. The summed E-state index contributed by atoms with van der Waals surface area (Å²) in [5.41, 5.74) is 1.92. The van der Waals surface area contributed by atoms with Crippen molar-refractivity contribution in [3.63, 3.8) is 0 Å². The summed E-state index contributed by atoms with van der Waals surface area (Å²) in [6, 6.07) is 12.5. The molecule has 0 N–H and O–H groups in total. The highest BCUT2D eigenvalue weighted by molar-refractivity contribution is 6.08. The van der Waals surface area contributed by atoms with E-state index in [1.165, 1.54) is 17.0 Å². The second-order valence-corrected chi connectivity index (χ2v) is 7.63. The molecule has 33 heavy (non-hydrogen) atoms. The van der Waals surface area contributed by atoms with Gasteiger partial charge in [0.05, 0.1) is 28.6 Å². The first-order valence-electron chi connectivity index (χ1n) is 10.7. The van der Waals surface area contributed by atoms with E-state index in [0.29, 0.717) is 36.6 Å². The first-order valence-corrected chi connectivity index (χ1v) is 10.7. The fraction of sp³-hybridized carbons (Fsp3) is 0.348. The lowest BCUT2D eigenvalue weighted by atomic mass is 9.89. The number of para-hydroxylation sites is 2. The van der Waals surface area contributed by atoms with Crippen molar-refractivity contribution in [2.45, 2.75) is 19.4 Å². The molecule has 0 spiro atoms. The predicted molar refractivity (Wildman–Crippen MR) is 120 cm³/mol. The van der Waals surface area contributed by atoms with Crippen molar-refractivity contribution in [1.82, 2.24) is 9.55 Å². The number of nitrogens with zero attached hydrogens (tertiary/aromatic N) is 4. The van der Waals surface area contributed by atoms with Crippen LogP contribution in [-0.4, -0.2) is 53.2 Å². The van der Waals surface area contributed by atoms with Gasteiger partial charge in [0.15, 0.2) is 5.92 Å². The number of hydrogen-bond acceptors (Lipinski definition) is 7. The van der Waals surface area contributed by atoms with Crippen molar-refractivity contribution >= 4 is 34.5 Å². The standard InChI is InChI=1S/C23H24N4O6/c1-3-33-22(29)19-20(15-9-11-16(12-10-15)27(30)31)26-18-8-5-4-7-17(18)24-23(26)25(21(19)28)13-6-14-32-2/h4-5,7-12,19-20H,3,6,13-14H2,1-2H3/t19-,20-/m0/s1. The predicted octanol–water partition coefficient (Wildman–Crippen LogP) is 3.10. The summed E-state index contributed by atoms with van der Waals surface area (Å²) < 4.78 is 12.3. The molecule has 1 aliphatic heterocycles. The fourth-order valence-corrected chi connectivity index (χ4v) is 4.22. The molecule has 0 unspecified atom stereocenters. The van der Waals surface area contributed by atoms with Crippen LogP contribution in [0, 0.1) is 16.0 Å². The molecular formula is C23H24N4O6. The molecule has 1 amide bonds. The minimum absolute atomic E-state index is 0.0783. The Morgan fingerprint density at radius 2 is 1.91 bits per heavy atom. The van der Waals surface area contributed by atoms with Gasteiger partial charge in [-0.2, -0.15) is 0 Å². The van der Waals surface area contributed by atoms with Gasteiger partial charge in [0.1, 0.15) is 0 Å². The minimum atomic E-state index is -1.17. The molecular weight excluding hydrogens is 428 g/mol. The molecule has 0 radical (unpaired) electrons. The van der Waals surface area contributed by atoms with E-state index < -0.39 is 28.8 Å². The number of nitro groups is 1. The molecule has 10 heteroatoms. The Hall–Kier alpha value is -3.79. The van der Waals surface area contributed by atoms with Crippen LogP contribution in [0.5, 0.6) is 0 Å². The lowest BCUT2D eigenvalue weighted by molar-refractivity contribution is -0.384. The maximum atomic E-state index is 13.7. The summed E-state index contributed by atoms with van der Waals surface area (Å²) in [7, 11) is 1.58. The number of aromatic nitrogens is 2. The molecule has 0 fully saturated rings. The molecule has 3 aromatic rings. The largest absolute Gasteiger partial charge is 0.465 e. The Morgan fingerprint density at radius 3 is 2.58 bits per heavy atom. The first-order chi connectivity index (χ1) is 16.0. The number of amides is 1. The molecule has 1 aromatic heterocycles. The monoisotopic (exact) mass is 452 g/mol. The van der Waals surface area contributed by atoms with E-state index in [-0.39, 0.29) is 12.3 Å². The number of nitro benzene ring substituents is 1. The highest BCUT2D eigenvalue weighted by Crippen LogP contribution is 2.41. The summed E-state index contributed by atoms with van der Waals surface area (Å²) in [6.07, 6.45) is 0.559. The number of non-ortho nitro benzene ring substituents is 1. The quantitative estimate of drug-likeness (QED) is 0.169. The van der Waals surface area contributed by atoms with Crippen LogP contribution in [0.4, 0.5) is 11.6 Å². The summed E-state index contributed by atoms with van der Waals surface area (Å²) >= 11 is 0. The molecule has 0 bridgehead atoms. The Kier molecular flexibility index (Phi) is 6.36. The molecule has 2 atom stereocenters. The SMILES string of the molecule is CCOC(=O)[C@@H]1C(=O)N(CCCOC)c2nc3ccccc3n2[C@H]1c1ccc([N+](=O)[O-])cc1. The zero-order valence-electron chi connectivity index (χ0n) is 18.3. The number of esters is 1. The number of imidazole rings is 1. The number of ether oxygens (including phenoxy) is 2. The Bertz CT molecular complexity index is 1190. The molecule has 0 saturated heterocycles. The molecule has 0 aliphatic carbocycles. The highest BCUT2D eigenvalue weighted by atomic mass is 16.6. The topological polar surface area (TPSA) is 117 Å². The van der Waals surface area contributed by atoms with E-state index >= 15 is 0 Å². The van der Waals surface area contributed by atoms with Crippen molar-refractivity contribution in [3.8, 4) is 0 Å². The molecule has 1 aliphatic rings. The van der Waals surface area contributed by atoms with E-state index in [1.54, 1.807) is 26.2 Å². The summed E-state index contributed by atoms with van der Waals surface area (Å²) in [4.78, 5) is 43.6. The van der Waals surface area contributed by atoms with Gasteiger partial charge >= 0.3 is 5.97 Å². The smallest absolute Gasteiger partial charge is 0.321 e. The number of rotatable bonds is 8. The maximum absolute atomic E-state index is 13.7. The van der Waals surface area contributed by atoms with Crippen LogP contribution in [0.15, 0.2) is 48.5 Å². The second kappa shape index (κ2) is 9.37. The zero-order valence-corrected chi connectivity index (χ0v) is 18.3. The summed E-state index contributed by atoms with van der Waals surface area (Å²) in [5.74, 6) is -1.82. The average Bonchev–Trinajstić information content (AvgIpc) is 3.19. The van der Waals surface area contributed by atoms with E-state index in [9.17, 15) is 19.7 Å². The maximum Gasteiger partial charge on any atom is 0.321 e. The first kappa shape index (κ1) is 22.4. The van der Waals surface area contributed by atoms with Crippen molar-refractivity contribution in [2.24, 2.45) is 5.92 Å². The molecule has 2 heterocycles. The van der Waals surface area contributed by atoms with Crippen molar-refractivity contribution < 1.29 is 24.0 Å². The van der Waals surface area contributed by atoms with Crippen LogP contribution in [0.3, 0.4) is 0 Å². The second-order valence-electron chi connectivity index (χ2n) is 7.63. The van der Waals surface area contributed by atoms with E-state index in [1.807, 2.05) is 28.8 Å². The Labute approximate surface area is 189 Å². The van der Waals surface area contributed by atoms with Crippen molar-refractivity contribution in [3.05, 3.63) is 64.2 Å². The number of hydrogen-bond donors (Lipinski definition) is 0. The summed E-state index contributed by atoms with van der Waals surface area (Å²) in [5, 5.41) is 11.1. The van der Waals surface area contributed by atoms with Crippen LogP contribution in [0.2, 0.25) is 0 Å². The fourth-order valence-electron chi connectivity index (χ4n) is 4.22. The Balaban J connectivity index is 1.92. The molecule has 172 valence electrons. The van der Waals surface area contributed by atoms with Gasteiger partial charge < -0.3 is 14.0 Å². The van der Waals surface area contributed by atoms with Gasteiger partial charge in [-0.15, -0.1) is 0 Å². The van der Waals surface area contributed by atoms with Gasteiger partial charge in [0, 0.05) is 32.4 Å². The molecule has 4 rings (SSSR count). The van der Waals surface area contributed by atoms with Crippen LogP contribution < -0.4 is 4.90 Å². The van der Waals surface area contributed by atoms with Gasteiger partial charge in [-0.1, -0.05) is 24.3 Å². The Morgan fingerprint density at radius 1 is 1.18 bits per heavy atom. The van der Waals surface area contributed by atoms with Crippen LogP contribution in [0.1, 0.15) is 24.9 Å². The third-order valence-electron chi connectivity index (χ3n) is 5.66. The lowest BCUT2D eigenvalue weighted by Gasteiger charge is -2.37. The van der Waals surface area contributed by atoms with Crippen LogP contribution in [-0.2, 0) is 19.1 Å². The van der Waals surface area contributed by atoms with Crippen molar-refractivity contribution in [2.75, 3.05) is 31.8 Å². The third kappa shape index (κ3) is 4.05. The van der Waals surface area contributed by atoms with E-state index in [4.69, 9.17) is 14.5 Å². The van der Waals surface area contributed by atoms with Gasteiger partial charge in [0.25, 0.3) is 5.69 Å². The number of benzene rings is 2. The number of anilines is 1. The van der Waals surface area contributed by atoms with Crippen LogP contribution in [0.25, 0.3) is 11.0 Å². The normalized spacial score (nSPS) is 17.8. The third-order valence-corrected chi connectivity index (χ3v) is 5.66. The van der Waals surface area contributed by atoms with Gasteiger partial charge in [-0.3, -0.25) is 24.6 Å². The molecule has 2 aromatic carbocycles. The van der Waals surface area contributed by atoms with Gasteiger partial charge in [0.2, 0.25) is 11.9 Å². The van der Waals surface area contributed by atoms with Crippen molar-refractivity contribution in [1.29, 1.82) is 0 Å². The molecule has 10 nitrogen and oxygen atoms in total. The summed E-state index contributed by atoms with van der Waals surface area (Å²) in [6.45, 7) is 2.57. The highest BCUT2D eigenvalue weighted by Gasteiger charge is 2.47. The van der Waals surface area contributed by atoms with Crippen LogP contribution >= 0.6 is 0 Å². The van der Waals surface area contributed by atoms with E-state index in [0.717, 1.165) is 5.52 Å². The van der Waals surface area contributed by atoms with Gasteiger partial charge in [-0.25, -0.2) is 4.98 Å². The van der Waals surface area contributed by atoms with E-state index in [2.05, 4.69) is 0 Å². The number of carbonyl (C=O) groups is 2. The van der Waals surface area contributed by atoms with Gasteiger partial charge in [-0.05, 0) is 31.0 Å². The zero-order chi connectivity index (χ0) is 23.5. The average molecular weight is 452 g/mol. The number of methoxy groups -OCH3 is 1. The number of carbonyl (C=O) groups excluding carboxylic acids is 2. The molecule has 0 saturated carbocycles.